The lowest BCUT2D eigenvalue weighted by Gasteiger charge is -2.43. The van der Waals surface area contributed by atoms with Crippen molar-refractivity contribution < 1.29 is 0 Å². The topological polar surface area (TPSA) is 24.1 Å². The molecule has 3 atom stereocenters. The van der Waals surface area contributed by atoms with Crippen LogP contribution in [0.4, 0.5) is 0 Å². The molecule has 0 aromatic rings. The third-order valence-electron chi connectivity index (χ3n) is 3.46. The van der Waals surface area contributed by atoms with Crippen LogP contribution in [0.25, 0.3) is 0 Å². The second-order valence-corrected chi connectivity index (χ2v) is 4.49. The predicted octanol–water partition coefficient (Wildman–Crippen LogP) is 1.33. The van der Waals surface area contributed by atoms with Gasteiger partial charge in [-0.15, -0.1) is 0 Å². The van der Waals surface area contributed by atoms with Crippen molar-refractivity contribution >= 4 is 0 Å². The zero-order valence-electron chi connectivity index (χ0n) is 8.14. The van der Waals surface area contributed by atoms with Gasteiger partial charge in [0.1, 0.15) is 0 Å². The normalized spacial score (nSPS) is 44.0. The van der Waals surface area contributed by atoms with Crippen molar-refractivity contribution in [3.63, 3.8) is 0 Å². The first-order valence-electron chi connectivity index (χ1n) is 5.27. The Morgan fingerprint density at radius 2 is 1.92 bits per heavy atom. The standard InChI is InChI=1S/C10H20N2/c1-7-6-11-8(2)12-10(7)9-4-3-5-9/h7-12H,3-6H2,1-2H3. The van der Waals surface area contributed by atoms with Gasteiger partial charge in [-0.25, -0.2) is 0 Å². The van der Waals surface area contributed by atoms with Crippen LogP contribution in [0.15, 0.2) is 0 Å². The predicted molar refractivity (Wildman–Crippen MR) is 50.9 cm³/mol. The van der Waals surface area contributed by atoms with Gasteiger partial charge in [0, 0.05) is 12.6 Å². The Kier molecular flexibility index (Phi) is 2.37. The molecule has 2 fully saturated rings. The van der Waals surface area contributed by atoms with Gasteiger partial charge in [-0.1, -0.05) is 13.3 Å². The van der Waals surface area contributed by atoms with E-state index < -0.39 is 0 Å². The molecule has 1 aliphatic heterocycles. The monoisotopic (exact) mass is 168 g/mol. The highest BCUT2D eigenvalue weighted by Crippen LogP contribution is 2.33. The maximum absolute atomic E-state index is 3.66. The summed E-state index contributed by atoms with van der Waals surface area (Å²) in [5, 5.41) is 7.11. The van der Waals surface area contributed by atoms with E-state index in [0.717, 1.165) is 17.9 Å². The van der Waals surface area contributed by atoms with Gasteiger partial charge in [-0.3, -0.25) is 5.32 Å². The highest BCUT2D eigenvalue weighted by Gasteiger charge is 2.33. The van der Waals surface area contributed by atoms with Crippen LogP contribution in [-0.2, 0) is 0 Å². The fourth-order valence-electron chi connectivity index (χ4n) is 2.40. The Balaban J connectivity index is 1.91. The van der Waals surface area contributed by atoms with Gasteiger partial charge in [0.15, 0.2) is 0 Å². The zero-order chi connectivity index (χ0) is 8.55. The van der Waals surface area contributed by atoms with Crippen molar-refractivity contribution in [3.8, 4) is 0 Å². The van der Waals surface area contributed by atoms with Crippen LogP contribution in [0, 0.1) is 11.8 Å². The average Bonchev–Trinajstić information content (AvgIpc) is 1.93. The van der Waals surface area contributed by atoms with E-state index in [1.54, 1.807) is 0 Å². The molecule has 3 unspecified atom stereocenters. The van der Waals surface area contributed by atoms with Gasteiger partial charge in [0.05, 0.1) is 6.17 Å². The molecule has 0 bridgehead atoms. The van der Waals surface area contributed by atoms with Crippen LogP contribution >= 0.6 is 0 Å². The lowest BCUT2D eigenvalue weighted by atomic mass is 9.74. The Labute approximate surface area is 75.1 Å². The van der Waals surface area contributed by atoms with Crippen LogP contribution in [0.1, 0.15) is 33.1 Å². The Hall–Kier alpha value is -0.0800. The van der Waals surface area contributed by atoms with E-state index in [4.69, 9.17) is 0 Å². The molecule has 0 aromatic carbocycles. The summed E-state index contributed by atoms with van der Waals surface area (Å²) in [5.74, 6) is 1.79. The molecular weight excluding hydrogens is 148 g/mol. The van der Waals surface area contributed by atoms with E-state index in [-0.39, 0.29) is 0 Å². The van der Waals surface area contributed by atoms with Gasteiger partial charge >= 0.3 is 0 Å². The van der Waals surface area contributed by atoms with Crippen molar-refractivity contribution in [2.24, 2.45) is 11.8 Å². The molecule has 2 aliphatic rings. The minimum Gasteiger partial charge on any atom is -0.302 e. The first kappa shape index (κ1) is 8.52. The summed E-state index contributed by atoms with van der Waals surface area (Å²) in [7, 11) is 0. The summed E-state index contributed by atoms with van der Waals surface area (Å²) in [6.07, 6.45) is 4.88. The highest BCUT2D eigenvalue weighted by molar-refractivity contribution is 4.91. The smallest absolute Gasteiger partial charge is 0.0544 e. The molecule has 0 radical (unpaired) electrons. The second-order valence-electron chi connectivity index (χ2n) is 4.49. The van der Waals surface area contributed by atoms with Crippen molar-refractivity contribution in [3.05, 3.63) is 0 Å². The molecule has 0 spiro atoms. The molecule has 2 N–H and O–H groups in total. The van der Waals surface area contributed by atoms with Crippen LogP contribution in [-0.4, -0.2) is 18.8 Å². The first-order chi connectivity index (χ1) is 5.77. The summed E-state index contributed by atoms with van der Waals surface area (Å²) < 4.78 is 0. The molecule has 12 heavy (non-hydrogen) atoms. The highest BCUT2D eigenvalue weighted by atomic mass is 15.2. The van der Waals surface area contributed by atoms with E-state index in [1.165, 1.54) is 25.8 Å². The molecule has 70 valence electrons. The molecule has 2 nitrogen and oxygen atoms in total. The first-order valence-corrected chi connectivity index (χ1v) is 5.27. The maximum atomic E-state index is 3.66. The number of nitrogens with one attached hydrogen (secondary N) is 2. The van der Waals surface area contributed by atoms with Crippen LogP contribution in [0.5, 0.6) is 0 Å². The van der Waals surface area contributed by atoms with Gasteiger partial charge in [-0.2, -0.15) is 0 Å². The molecule has 0 amide bonds. The number of hydrogen-bond acceptors (Lipinski definition) is 2. The third-order valence-corrected chi connectivity index (χ3v) is 3.46. The third kappa shape index (κ3) is 1.50. The average molecular weight is 168 g/mol. The van der Waals surface area contributed by atoms with Crippen LogP contribution in [0.2, 0.25) is 0 Å². The Morgan fingerprint density at radius 1 is 1.17 bits per heavy atom. The number of rotatable bonds is 1. The molecule has 1 saturated heterocycles. The van der Waals surface area contributed by atoms with Crippen molar-refractivity contribution in [1.82, 2.24) is 10.6 Å². The largest absolute Gasteiger partial charge is 0.302 e. The van der Waals surface area contributed by atoms with Gasteiger partial charge in [-0.05, 0) is 31.6 Å². The Morgan fingerprint density at radius 3 is 2.50 bits per heavy atom. The van der Waals surface area contributed by atoms with E-state index in [9.17, 15) is 0 Å². The molecule has 0 aromatic heterocycles. The molecule has 1 heterocycles. The summed E-state index contributed by atoms with van der Waals surface area (Å²) >= 11 is 0. The summed E-state index contributed by atoms with van der Waals surface area (Å²) in [4.78, 5) is 0. The fraction of sp³-hybridized carbons (Fsp3) is 1.00. The lowest BCUT2D eigenvalue weighted by molar-refractivity contribution is 0.131. The minimum atomic E-state index is 0.520. The SMILES string of the molecule is CC1NCC(C)C(C2CCC2)N1. The van der Waals surface area contributed by atoms with E-state index in [0.29, 0.717) is 6.17 Å². The van der Waals surface area contributed by atoms with E-state index in [2.05, 4.69) is 24.5 Å². The maximum Gasteiger partial charge on any atom is 0.0544 e. The van der Waals surface area contributed by atoms with Gasteiger partial charge in [0.25, 0.3) is 0 Å². The molecule has 2 rings (SSSR count). The summed E-state index contributed by atoms with van der Waals surface area (Å²) in [5.41, 5.74) is 0. The van der Waals surface area contributed by atoms with Gasteiger partial charge in [0.2, 0.25) is 0 Å². The van der Waals surface area contributed by atoms with Gasteiger partial charge < -0.3 is 5.32 Å². The van der Waals surface area contributed by atoms with Crippen LogP contribution < -0.4 is 10.6 Å². The lowest BCUT2D eigenvalue weighted by Crippen LogP contribution is -2.59. The fourth-order valence-corrected chi connectivity index (χ4v) is 2.40. The summed E-state index contributed by atoms with van der Waals surface area (Å²) in [6, 6.07) is 0.787. The van der Waals surface area contributed by atoms with E-state index >= 15 is 0 Å². The summed E-state index contributed by atoms with van der Waals surface area (Å²) in [6.45, 7) is 5.77. The quantitative estimate of drug-likeness (QED) is 0.617. The van der Waals surface area contributed by atoms with Crippen molar-refractivity contribution in [2.75, 3.05) is 6.54 Å². The van der Waals surface area contributed by atoms with Crippen molar-refractivity contribution in [1.29, 1.82) is 0 Å². The van der Waals surface area contributed by atoms with E-state index in [1.807, 2.05) is 0 Å². The Bertz CT molecular complexity index is 152. The molecule has 1 aliphatic carbocycles. The second kappa shape index (κ2) is 3.35. The minimum absolute atomic E-state index is 0.520. The zero-order valence-corrected chi connectivity index (χ0v) is 8.14. The molecule has 1 saturated carbocycles. The van der Waals surface area contributed by atoms with Crippen molar-refractivity contribution in [2.45, 2.75) is 45.3 Å². The molecule has 2 heteroatoms. The molecular formula is C10H20N2. The number of hydrogen-bond donors (Lipinski definition) is 2. The van der Waals surface area contributed by atoms with Crippen LogP contribution in [0.3, 0.4) is 0 Å².